The smallest absolute Gasteiger partial charge is 0.0548 e. The highest BCUT2D eigenvalue weighted by Crippen LogP contribution is 2.57. The Morgan fingerprint density at radius 2 is 0.667 bits per heavy atom. The van der Waals surface area contributed by atoms with Crippen LogP contribution in [0.25, 0.3) is 93.6 Å². The zero-order chi connectivity index (χ0) is 39.1. The van der Waals surface area contributed by atoms with Crippen LogP contribution in [-0.2, 0) is 0 Å². The molecule has 3 heterocycles. The van der Waals surface area contributed by atoms with Crippen molar-refractivity contribution in [2.75, 3.05) is 0 Å². The predicted octanol–water partition coefficient (Wildman–Crippen LogP) is 15.0. The average Bonchev–Trinajstić information content (AvgIpc) is 3.88. The molecule has 0 spiro atoms. The third-order valence-corrected chi connectivity index (χ3v) is 14.9. The quantitative estimate of drug-likeness (QED) is 0.169. The Bertz CT molecular complexity index is 3520. The fourth-order valence-corrected chi connectivity index (χ4v) is 12.6. The second-order valence-electron chi connectivity index (χ2n) is 18.2. The van der Waals surface area contributed by atoms with E-state index in [1.807, 2.05) is 0 Å². The maximum absolute atomic E-state index is 2.65. The summed E-state index contributed by atoms with van der Waals surface area (Å²) in [7, 11) is 0. The molecule has 286 valence electrons. The van der Waals surface area contributed by atoms with Gasteiger partial charge in [-0.3, -0.25) is 0 Å². The van der Waals surface area contributed by atoms with Crippen LogP contribution >= 0.6 is 0 Å². The van der Waals surface area contributed by atoms with Crippen LogP contribution in [0.1, 0.15) is 55.1 Å². The van der Waals surface area contributed by atoms with Crippen molar-refractivity contribution in [1.29, 1.82) is 0 Å². The summed E-state index contributed by atoms with van der Waals surface area (Å²) in [6.45, 7) is 0. The largest absolute Gasteiger partial charge is 0.309 e. The highest BCUT2D eigenvalue weighted by Gasteiger charge is 2.42. The molecule has 15 rings (SSSR count). The molecule has 0 N–H and O–H groups in total. The molecule has 2 saturated carbocycles. The number of aromatic nitrogens is 3. The van der Waals surface area contributed by atoms with Crippen LogP contribution in [0, 0.1) is 11.8 Å². The molecule has 2 fully saturated rings. The van der Waals surface area contributed by atoms with Crippen molar-refractivity contribution in [2.45, 2.75) is 43.9 Å². The van der Waals surface area contributed by atoms with E-state index in [4.69, 9.17) is 0 Å². The van der Waals surface area contributed by atoms with Crippen LogP contribution in [0.15, 0.2) is 176 Å². The molecule has 2 atom stereocenters. The molecule has 0 amide bonds. The van der Waals surface area contributed by atoms with Crippen molar-refractivity contribution in [1.82, 2.24) is 13.7 Å². The fraction of sp³-hybridized carbons (Fsp3) is 0.158. The summed E-state index contributed by atoms with van der Waals surface area (Å²) in [5.41, 5.74) is 16.9. The van der Waals surface area contributed by atoms with Crippen molar-refractivity contribution >= 4 is 65.4 Å². The van der Waals surface area contributed by atoms with Crippen molar-refractivity contribution in [3.63, 3.8) is 0 Å². The maximum Gasteiger partial charge on any atom is 0.0548 e. The van der Waals surface area contributed by atoms with Gasteiger partial charge < -0.3 is 13.7 Å². The standard InChI is InChI=1S/C57H43N3/c1-4-12-41(13-5-1)58-52-19-11-10-18-44(52)50-33-57-51(34-56(50)58)48-30-38(21-23-54(48)60(57)43-16-8-3-9-17-43)37-20-22-53-47(29-37)49-31-45-39-25-35-24-36(26-39)28-40(27-35)46(45)32-55(49)59(53)42-14-6-2-7-15-42/h1-23,29-36,39-40H,24-28H2. The lowest BCUT2D eigenvalue weighted by molar-refractivity contribution is 0.166. The Hall–Kier alpha value is -6.84. The van der Waals surface area contributed by atoms with Crippen molar-refractivity contribution in [2.24, 2.45) is 11.8 Å². The molecule has 4 aliphatic rings. The van der Waals surface area contributed by atoms with E-state index in [0.717, 1.165) is 11.8 Å². The average molecular weight is 770 g/mol. The Balaban J connectivity index is 1.02. The second-order valence-corrected chi connectivity index (χ2v) is 18.2. The lowest BCUT2D eigenvalue weighted by atomic mass is 9.67. The molecule has 60 heavy (non-hydrogen) atoms. The molecule has 3 heteroatoms. The molecule has 0 saturated heterocycles. The van der Waals surface area contributed by atoms with Crippen molar-refractivity contribution < 1.29 is 0 Å². The third-order valence-electron chi connectivity index (χ3n) is 14.9. The van der Waals surface area contributed by atoms with E-state index in [0.29, 0.717) is 11.8 Å². The first-order chi connectivity index (χ1) is 29.7. The normalized spacial score (nSPS) is 19.7. The summed E-state index contributed by atoms with van der Waals surface area (Å²) in [4.78, 5) is 0. The van der Waals surface area contributed by atoms with Gasteiger partial charge in [0.05, 0.1) is 33.1 Å². The second kappa shape index (κ2) is 12.3. The van der Waals surface area contributed by atoms with E-state index in [1.54, 1.807) is 11.1 Å². The Morgan fingerprint density at radius 3 is 1.18 bits per heavy atom. The number of benzene rings is 8. The predicted molar refractivity (Wildman–Crippen MR) is 250 cm³/mol. The Kier molecular flexibility index (Phi) is 6.80. The van der Waals surface area contributed by atoms with Gasteiger partial charge in [-0.2, -0.15) is 0 Å². The van der Waals surface area contributed by atoms with E-state index >= 15 is 0 Å². The van der Waals surface area contributed by atoms with E-state index in [-0.39, 0.29) is 0 Å². The lowest BCUT2D eigenvalue weighted by Gasteiger charge is -2.38. The van der Waals surface area contributed by atoms with Gasteiger partial charge in [0.25, 0.3) is 0 Å². The minimum atomic E-state index is 0.704. The summed E-state index contributed by atoms with van der Waals surface area (Å²) in [5, 5.41) is 7.80. The Labute approximate surface area is 348 Å². The highest BCUT2D eigenvalue weighted by atomic mass is 15.0. The minimum Gasteiger partial charge on any atom is -0.309 e. The number of fused-ring (bicyclic) bond motifs is 9. The minimum absolute atomic E-state index is 0.704. The summed E-state index contributed by atoms with van der Waals surface area (Å²) in [6.07, 6.45) is 6.97. The molecular weight excluding hydrogens is 727 g/mol. The number of para-hydroxylation sites is 4. The number of hydrogen-bond donors (Lipinski definition) is 0. The molecule has 2 unspecified atom stereocenters. The van der Waals surface area contributed by atoms with E-state index in [2.05, 4.69) is 190 Å². The number of rotatable bonds is 4. The van der Waals surface area contributed by atoms with Gasteiger partial charge in [-0.05, 0) is 169 Å². The van der Waals surface area contributed by atoms with Gasteiger partial charge in [0.1, 0.15) is 0 Å². The molecule has 4 aliphatic carbocycles. The third kappa shape index (κ3) is 4.66. The van der Waals surface area contributed by atoms with Gasteiger partial charge in [-0.25, -0.2) is 0 Å². The van der Waals surface area contributed by atoms with Crippen LogP contribution in [0.2, 0.25) is 0 Å². The van der Waals surface area contributed by atoms with Gasteiger partial charge in [0.15, 0.2) is 0 Å². The van der Waals surface area contributed by atoms with Crippen LogP contribution in [0.3, 0.4) is 0 Å². The summed E-state index contributed by atoms with van der Waals surface area (Å²) in [5.74, 6) is 3.22. The molecule has 3 aromatic heterocycles. The molecule has 3 nitrogen and oxygen atoms in total. The summed E-state index contributed by atoms with van der Waals surface area (Å²) >= 11 is 0. The summed E-state index contributed by atoms with van der Waals surface area (Å²) < 4.78 is 7.44. The lowest BCUT2D eigenvalue weighted by Crippen LogP contribution is -2.25. The van der Waals surface area contributed by atoms with Gasteiger partial charge in [0, 0.05) is 49.4 Å². The van der Waals surface area contributed by atoms with Crippen LogP contribution in [0.4, 0.5) is 0 Å². The van der Waals surface area contributed by atoms with Crippen molar-refractivity contribution in [3.05, 3.63) is 187 Å². The fourth-order valence-electron chi connectivity index (χ4n) is 12.6. The highest BCUT2D eigenvalue weighted by molar-refractivity contribution is 6.19. The van der Waals surface area contributed by atoms with Crippen LogP contribution in [-0.4, -0.2) is 13.7 Å². The van der Waals surface area contributed by atoms with E-state index in [1.165, 1.54) is 126 Å². The SMILES string of the molecule is c1ccc(-n2c3ccc(-c4ccc5c(c4)c4cc6c(cc4n5-c4ccccc4)c4ccccc4n6-c4ccccc4)cc3c3cc4c(cc32)C2CC3CC(CC4C3)C2)cc1. The number of nitrogens with zero attached hydrogens (tertiary/aromatic N) is 3. The first kappa shape index (κ1) is 33.0. The van der Waals surface area contributed by atoms with Gasteiger partial charge >= 0.3 is 0 Å². The monoisotopic (exact) mass is 769 g/mol. The van der Waals surface area contributed by atoms with E-state index < -0.39 is 0 Å². The van der Waals surface area contributed by atoms with Crippen molar-refractivity contribution in [3.8, 4) is 28.2 Å². The zero-order valence-corrected chi connectivity index (χ0v) is 33.4. The van der Waals surface area contributed by atoms with E-state index in [9.17, 15) is 0 Å². The first-order valence-corrected chi connectivity index (χ1v) is 22.0. The maximum atomic E-state index is 2.65. The zero-order valence-electron chi connectivity index (χ0n) is 33.4. The molecule has 0 aliphatic heterocycles. The molecule has 11 aromatic rings. The van der Waals surface area contributed by atoms with Gasteiger partial charge in [-0.1, -0.05) is 84.9 Å². The molecule has 8 aromatic carbocycles. The molecule has 0 radical (unpaired) electrons. The number of hydrogen-bond acceptors (Lipinski definition) is 0. The van der Waals surface area contributed by atoms with Crippen LogP contribution < -0.4 is 0 Å². The molecule has 4 bridgehead atoms. The Morgan fingerprint density at radius 1 is 0.283 bits per heavy atom. The topological polar surface area (TPSA) is 14.8 Å². The van der Waals surface area contributed by atoms with Crippen LogP contribution in [0.5, 0.6) is 0 Å². The molecular formula is C57H43N3. The summed E-state index contributed by atoms with van der Waals surface area (Å²) in [6, 6.07) is 66.1. The first-order valence-electron chi connectivity index (χ1n) is 22.0. The van der Waals surface area contributed by atoms with Gasteiger partial charge in [-0.15, -0.1) is 0 Å². The van der Waals surface area contributed by atoms with Gasteiger partial charge in [0.2, 0.25) is 0 Å².